The predicted molar refractivity (Wildman–Crippen MR) is 126 cm³/mol. The Morgan fingerprint density at radius 1 is 1.23 bits per heavy atom. The van der Waals surface area contributed by atoms with Crippen LogP contribution in [-0.4, -0.2) is 37.9 Å². The van der Waals surface area contributed by atoms with Crippen LogP contribution in [0, 0.1) is 6.92 Å². The first-order valence-electron chi connectivity index (χ1n) is 8.81. The Morgan fingerprint density at radius 3 is 2.74 bits per heavy atom. The molecule has 0 fully saturated rings. The second-order valence-corrected chi connectivity index (χ2v) is 8.48. The van der Waals surface area contributed by atoms with Gasteiger partial charge in [0.05, 0.1) is 23.4 Å². The van der Waals surface area contributed by atoms with Gasteiger partial charge in [-0.1, -0.05) is 46.7 Å². The van der Waals surface area contributed by atoms with E-state index >= 15 is 0 Å². The SMILES string of the molecule is COc1c(Cl)cc(Cl)cc1C(=O)NC(=S)Nc1ccccc1-c1nn2c(C)nnc2s1. The second kappa shape index (κ2) is 8.75. The minimum absolute atomic E-state index is 0.0924. The Hall–Kier alpha value is -2.79. The van der Waals surface area contributed by atoms with E-state index in [0.717, 1.165) is 10.6 Å². The van der Waals surface area contributed by atoms with Crippen LogP contribution in [0.2, 0.25) is 10.0 Å². The van der Waals surface area contributed by atoms with Crippen LogP contribution in [0.25, 0.3) is 15.5 Å². The summed E-state index contributed by atoms with van der Waals surface area (Å²) in [5.41, 5.74) is 1.64. The van der Waals surface area contributed by atoms with Crippen LogP contribution in [0.5, 0.6) is 5.75 Å². The summed E-state index contributed by atoms with van der Waals surface area (Å²) < 4.78 is 6.90. The van der Waals surface area contributed by atoms with Gasteiger partial charge in [-0.2, -0.15) is 9.61 Å². The maximum absolute atomic E-state index is 12.7. The Kier molecular flexibility index (Phi) is 6.05. The van der Waals surface area contributed by atoms with Crippen molar-refractivity contribution in [3.8, 4) is 16.3 Å². The summed E-state index contributed by atoms with van der Waals surface area (Å²) in [6.45, 7) is 1.83. The number of rotatable bonds is 4. The molecule has 4 aromatic rings. The minimum atomic E-state index is -0.509. The number of methoxy groups -OCH3 is 1. The van der Waals surface area contributed by atoms with Crippen molar-refractivity contribution >= 4 is 68.4 Å². The highest BCUT2D eigenvalue weighted by Gasteiger charge is 2.19. The number of ether oxygens (including phenoxy) is 1. The fourth-order valence-corrected chi connectivity index (χ4v) is 4.56. The molecule has 2 N–H and O–H groups in total. The van der Waals surface area contributed by atoms with Gasteiger partial charge in [0.1, 0.15) is 10.8 Å². The number of fused-ring (bicyclic) bond motifs is 1. The molecule has 158 valence electrons. The molecule has 0 unspecified atom stereocenters. The van der Waals surface area contributed by atoms with E-state index in [1.54, 1.807) is 4.52 Å². The number of para-hydroxylation sites is 1. The molecule has 0 aliphatic heterocycles. The number of carbonyl (C=O) groups excluding carboxylic acids is 1. The summed E-state index contributed by atoms with van der Waals surface area (Å²) in [5, 5.41) is 19.7. The normalized spacial score (nSPS) is 10.8. The Morgan fingerprint density at radius 2 is 2.00 bits per heavy atom. The van der Waals surface area contributed by atoms with Crippen molar-refractivity contribution in [2.24, 2.45) is 0 Å². The number of anilines is 1. The van der Waals surface area contributed by atoms with Crippen LogP contribution in [0.15, 0.2) is 36.4 Å². The minimum Gasteiger partial charge on any atom is -0.494 e. The van der Waals surface area contributed by atoms with Crippen molar-refractivity contribution in [3.63, 3.8) is 0 Å². The number of halogens is 2. The summed E-state index contributed by atoms with van der Waals surface area (Å²) in [7, 11) is 1.42. The lowest BCUT2D eigenvalue weighted by Crippen LogP contribution is -2.34. The van der Waals surface area contributed by atoms with Gasteiger partial charge in [0, 0.05) is 10.6 Å². The molecule has 2 aromatic heterocycles. The Labute approximate surface area is 196 Å². The second-order valence-electron chi connectivity index (χ2n) is 6.27. The Bertz CT molecular complexity index is 1320. The first-order chi connectivity index (χ1) is 14.9. The third-order valence-corrected chi connectivity index (χ3v) is 5.87. The van der Waals surface area contributed by atoms with E-state index in [9.17, 15) is 4.79 Å². The van der Waals surface area contributed by atoms with E-state index < -0.39 is 5.91 Å². The molecule has 0 bridgehead atoms. The van der Waals surface area contributed by atoms with E-state index in [0.29, 0.717) is 21.5 Å². The summed E-state index contributed by atoms with van der Waals surface area (Å²) in [6.07, 6.45) is 0. The largest absolute Gasteiger partial charge is 0.494 e. The summed E-state index contributed by atoms with van der Waals surface area (Å²) >= 11 is 18.9. The molecule has 0 spiro atoms. The van der Waals surface area contributed by atoms with Gasteiger partial charge in [-0.15, -0.1) is 10.2 Å². The Balaban J connectivity index is 1.57. The van der Waals surface area contributed by atoms with Crippen LogP contribution < -0.4 is 15.4 Å². The number of aryl methyl sites for hydroxylation is 1. The van der Waals surface area contributed by atoms with Gasteiger partial charge in [-0.3, -0.25) is 10.1 Å². The van der Waals surface area contributed by atoms with E-state index in [1.807, 2.05) is 31.2 Å². The zero-order valence-electron chi connectivity index (χ0n) is 16.1. The van der Waals surface area contributed by atoms with Gasteiger partial charge in [0.2, 0.25) is 4.96 Å². The van der Waals surface area contributed by atoms with E-state index in [1.165, 1.54) is 30.6 Å². The summed E-state index contributed by atoms with van der Waals surface area (Å²) in [5.74, 6) is 0.396. The number of aromatic nitrogens is 4. The average Bonchev–Trinajstić information content (AvgIpc) is 3.30. The van der Waals surface area contributed by atoms with Crippen molar-refractivity contribution in [2.45, 2.75) is 6.92 Å². The van der Waals surface area contributed by atoms with Gasteiger partial charge in [0.25, 0.3) is 5.91 Å². The van der Waals surface area contributed by atoms with Crippen LogP contribution in [-0.2, 0) is 0 Å². The predicted octanol–water partition coefficient (Wildman–Crippen LogP) is 4.60. The van der Waals surface area contributed by atoms with E-state index in [4.69, 9.17) is 40.2 Å². The molecule has 0 atom stereocenters. The molecule has 0 aliphatic rings. The van der Waals surface area contributed by atoms with Crippen LogP contribution in [0.3, 0.4) is 0 Å². The fourth-order valence-electron chi connectivity index (χ4n) is 2.86. The molecule has 12 heteroatoms. The lowest BCUT2D eigenvalue weighted by atomic mass is 10.2. The topological polar surface area (TPSA) is 93.4 Å². The fraction of sp³-hybridized carbons (Fsp3) is 0.105. The first kappa shape index (κ1) is 21.4. The number of hydrogen-bond acceptors (Lipinski definition) is 7. The first-order valence-corrected chi connectivity index (χ1v) is 10.8. The lowest BCUT2D eigenvalue weighted by molar-refractivity contribution is 0.0975. The standard InChI is InChI=1S/C19H14Cl2N6O2S2/c1-9-24-25-19-27(9)26-17(31-19)11-5-3-4-6-14(11)22-18(30)23-16(28)12-7-10(20)8-13(21)15(12)29-2/h3-8H,1-2H3,(H2,22,23,28,30). The molecule has 2 heterocycles. The van der Waals surface area contributed by atoms with Crippen LogP contribution in [0.1, 0.15) is 16.2 Å². The highest BCUT2D eigenvalue weighted by atomic mass is 35.5. The zero-order chi connectivity index (χ0) is 22.1. The van der Waals surface area contributed by atoms with Crippen molar-refractivity contribution in [3.05, 3.63) is 57.8 Å². The quantitative estimate of drug-likeness (QED) is 0.402. The van der Waals surface area contributed by atoms with Crippen LogP contribution in [0.4, 0.5) is 5.69 Å². The van der Waals surface area contributed by atoms with Gasteiger partial charge in [-0.05, 0) is 43.4 Å². The highest BCUT2D eigenvalue weighted by Crippen LogP contribution is 2.33. The number of hydrogen-bond donors (Lipinski definition) is 2. The third-order valence-electron chi connectivity index (χ3n) is 4.24. The van der Waals surface area contributed by atoms with Gasteiger partial charge >= 0.3 is 0 Å². The number of carbonyl (C=O) groups is 1. The molecule has 1 amide bonds. The number of benzene rings is 2. The number of amides is 1. The van der Waals surface area contributed by atoms with Gasteiger partial charge < -0.3 is 10.1 Å². The lowest BCUT2D eigenvalue weighted by Gasteiger charge is -2.14. The summed E-state index contributed by atoms with van der Waals surface area (Å²) in [6, 6.07) is 10.4. The summed E-state index contributed by atoms with van der Waals surface area (Å²) in [4.78, 5) is 13.4. The maximum Gasteiger partial charge on any atom is 0.261 e. The van der Waals surface area contributed by atoms with Crippen molar-refractivity contribution < 1.29 is 9.53 Å². The van der Waals surface area contributed by atoms with Crippen molar-refractivity contribution in [2.75, 3.05) is 12.4 Å². The van der Waals surface area contributed by atoms with E-state index in [2.05, 4.69) is 25.9 Å². The molecular weight excluding hydrogens is 479 g/mol. The zero-order valence-corrected chi connectivity index (χ0v) is 19.3. The number of thiocarbonyl (C=S) groups is 1. The molecule has 8 nitrogen and oxygen atoms in total. The number of nitrogens with zero attached hydrogens (tertiary/aromatic N) is 4. The molecule has 0 saturated heterocycles. The number of nitrogens with one attached hydrogen (secondary N) is 2. The molecule has 0 radical (unpaired) electrons. The molecular formula is C19H14Cl2N6O2S2. The molecule has 0 saturated carbocycles. The van der Waals surface area contributed by atoms with Crippen LogP contribution >= 0.6 is 46.8 Å². The monoisotopic (exact) mass is 492 g/mol. The molecule has 0 aliphatic carbocycles. The molecule has 2 aromatic carbocycles. The van der Waals surface area contributed by atoms with Gasteiger partial charge in [-0.25, -0.2) is 0 Å². The molecule has 4 rings (SSSR count). The van der Waals surface area contributed by atoms with Crippen molar-refractivity contribution in [1.29, 1.82) is 0 Å². The smallest absolute Gasteiger partial charge is 0.261 e. The highest BCUT2D eigenvalue weighted by molar-refractivity contribution is 7.80. The van der Waals surface area contributed by atoms with Crippen molar-refractivity contribution in [1.82, 2.24) is 25.1 Å². The van der Waals surface area contributed by atoms with Gasteiger partial charge in [0.15, 0.2) is 10.9 Å². The maximum atomic E-state index is 12.7. The van der Waals surface area contributed by atoms with E-state index in [-0.39, 0.29) is 21.4 Å². The molecule has 31 heavy (non-hydrogen) atoms. The third kappa shape index (κ3) is 4.33. The average molecular weight is 493 g/mol.